The lowest BCUT2D eigenvalue weighted by atomic mass is 9.77. The molecule has 4 fully saturated rings. The first-order chi connectivity index (χ1) is 10.3. The second-order valence-corrected chi connectivity index (χ2v) is 8.14. The predicted molar refractivity (Wildman–Crippen MR) is 84.0 cm³/mol. The van der Waals surface area contributed by atoms with E-state index in [0.717, 1.165) is 25.4 Å². The van der Waals surface area contributed by atoms with E-state index in [1.165, 1.54) is 64.2 Å². The summed E-state index contributed by atoms with van der Waals surface area (Å²) in [4.78, 5) is 15.0. The quantitative estimate of drug-likeness (QED) is 0.805. The number of hydrogen-bond acceptors (Lipinski definition) is 2. The Bertz CT molecular complexity index is 378. The van der Waals surface area contributed by atoms with E-state index in [2.05, 4.69) is 10.2 Å². The number of hydrogen-bond donors (Lipinski definition) is 1. The molecule has 0 aromatic rings. The van der Waals surface area contributed by atoms with Crippen LogP contribution in [0.1, 0.15) is 70.6 Å². The standard InChI is InChI=1S/C18H30N2O/c21-17(16-13-14-5-1-2-6-15(14)19-16)20-11-9-18(10-12-20)7-3-4-8-18/h14-16,19H,1-13H2. The molecule has 2 saturated carbocycles. The summed E-state index contributed by atoms with van der Waals surface area (Å²) in [5.41, 5.74) is 0.619. The van der Waals surface area contributed by atoms with Crippen molar-refractivity contribution in [3.8, 4) is 0 Å². The molecule has 0 radical (unpaired) electrons. The van der Waals surface area contributed by atoms with Gasteiger partial charge in [-0.15, -0.1) is 0 Å². The molecule has 1 N–H and O–H groups in total. The van der Waals surface area contributed by atoms with Gasteiger partial charge in [0, 0.05) is 19.1 Å². The molecular weight excluding hydrogens is 260 g/mol. The molecule has 0 aromatic heterocycles. The molecule has 0 bridgehead atoms. The van der Waals surface area contributed by atoms with E-state index in [-0.39, 0.29) is 6.04 Å². The molecule has 4 aliphatic rings. The van der Waals surface area contributed by atoms with Gasteiger partial charge in [0.15, 0.2) is 0 Å². The summed E-state index contributed by atoms with van der Waals surface area (Å²) in [6.45, 7) is 2.04. The highest BCUT2D eigenvalue weighted by molar-refractivity contribution is 5.82. The van der Waals surface area contributed by atoms with E-state index in [9.17, 15) is 4.79 Å². The summed E-state index contributed by atoms with van der Waals surface area (Å²) >= 11 is 0. The third-order valence-corrected chi connectivity index (χ3v) is 6.96. The predicted octanol–water partition coefficient (Wildman–Crippen LogP) is 3.09. The van der Waals surface area contributed by atoms with Gasteiger partial charge in [0.1, 0.15) is 0 Å². The van der Waals surface area contributed by atoms with Crippen LogP contribution in [-0.2, 0) is 4.79 Å². The normalized spacial score (nSPS) is 38.7. The van der Waals surface area contributed by atoms with Gasteiger partial charge in [-0.1, -0.05) is 25.7 Å². The average Bonchev–Trinajstić information content (AvgIpc) is 3.14. The molecule has 1 amide bonds. The minimum atomic E-state index is 0.135. The van der Waals surface area contributed by atoms with Crippen molar-refractivity contribution in [2.45, 2.75) is 82.7 Å². The molecule has 2 aliphatic carbocycles. The number of fused-ring (bicyclic) bond motifs is 1. The molecule has 4 rings (SSSR count). The maximum absolute atomic E-state index is 12.8. The number of nitrogens with zero attached hydrogens (tertiary/aromatic N) is 1. The van der Waals surface area contributed by atoms with Crippen LogP contribution in [0.3, 0.4) is 0 Å². The third-order valence-electron chi connectivity index (χ3n) is 6.96. The van der Waals surface area contributed by atoms with Crippen LogP contribution in [0.25, 0.3) is 0 Å². The molecule has 118 valence electrons. The Balaban J connectivity index is 1.34. The van der Waals surface area contributed by atoms with Gasteiger partial charge in [-0.05, 0) is 56.3 Å². The summed E-state index contributed by atoms with van der Waals surface area (Å²) in [6.07, 6.45) is 14.6. The second kappa shape index (κ2) is 5.57. The Kier molecular flexibility index (Phi) is 3.72. The average molecular weight is 290 g/mol. The molecule has 3 heteroatoms. The van der Waals surface area contributed by atoms with Gasteiger partial charge in [0.05, 0.1) is 6.04 Å². The van der Waals surface area contributed by atoms with Crippen molar-refractivity contribution in [2.75, 3.05) is 13.1 Å². The van der Waals surface area contributed by atoms with E-state index < -0.39 is 0 Å². The Labute approximate surface area is 128 Å². The lowest BCUT2D eigenvalue weighted by Crippen LogP contribution is -2.49. The van der Waals surface area contributed by atoms with Gasteiger partial charge in [-0.2, -0.15) is 0 Å². The molecule has 3 unspecified atom stereocenters. The van der Waals surface area contributed by atoms with Crippen LogP contribution >= 0.6 is 0 Å². The molecule has 0 aromatic carbocycles. The molecule has 21 heavy (non-hydrogen) atoms. The van der Waals surface area contributed by atoms with Crippen molar-refractivity contribution in [1.82, 2.24) is 10.2 Å². The van der Waals surface area contributed by atoms with Crippen LogP contribution in [0.4, 0.5) is 0 Å². The zero-order chi connectivity index (χ0) is 14.3. The topological polar surface area (TPSA) is 32.3 Å². The second-order valence-electron chi connectivity index (χ2n) is 8.14. The Morgan fingerprint density at radius 3 is 2.38 bits per heavy atom. The maximum Gasteiger partial charge on any atom is 0.239 e. The monoisotopic (exact) mass is 290 g/mol. The van der Waals surface area contributed by atoms with Gasteiger partial charge in [0.2, 0.25) is 5.91 Å². The first-order valence-corrected chi connectivity index (χ1v) is 9.31. The number of nitrogens with one attached hydrogen (secondary N) is 1. The summed E-state index contributed by atoms with van der Waals surface area (Å²) in [6, 6.07) is 0.773. The molecular formula is C18H30N2O. The smallest absolute Gasteiger partial charge is 0.239 e. The van der Waals surface area contributed by atoms with Crippen molar-refractivity contribution in [2.24, 2.45) is 11.3 Å². The SMILES string of the molecule is O=C(C1CC2CCCCC2N1)N1CCC2(CCCC2)CC1. The fourth-order valence-electron chi connectivity index (χ4n) is 5.56. The van der Waals surface area contributed by atoms with Gasteiger partial charge in [-0.25, -0.2) is 0 Å². The minimum Gasteiger partial charge on any atom is -0.341 e. The number of carbonyl (C=O) groups excluding carboxylic acids is 1. The molecule has 1 spiro atoms. The van der Waals surface area contributed by atoms with Gasteiger partial charge in [-0.3, -0.25) is 4.79 Å². The van der Waals surface area contributed by atoms with Gasteiger partial charge >= 0.3 is 0 Å². The van der Waals surface area contributed by atoms with Crippen LogP contribution in [0.2, 0.25) is 0 Å². The first-order valence-electron chi connectivity index (χ1n) is 9.31. The van der Waals surface area contributed by atoms with Crippen LogP contribution < -0.4 is 5.32 Å². The zero-order valence-corrected chi connectivity index (χ0v) is 13.3. The zero-order valence-electron chi connectivity index (χ0n) is 13.3. The Morgan fingerprint density at radius 2 is 1.67 bits per heavy atom. The minimum absolute atomic E-state index is 0.135. The number of piperidine rings is 1. The van der Waals surface area contributed by atoms with Crippen molar-refractivity contribution in [3.05, 3.63) is 0 Å². The Morgan fingerprint density at radius 1 is 0.952 bits per heavy atom. The highest BCUT2D eigenvalue weighted by atomic mass is 16.2. The van der Waals surface area contributed by atoms with E-state index in [1.54, 1.807) is 0 Å². The highest BCUT2D eigenvalue weighted by Crippen LogP contribution is 2.46. The van der Waals surface area contributed by atoms with Crippen LogP contribution in [0, 0.1) is 11.3 Å². The maximum atomic E-state index is 12.8. The molecule has 3 atom stereocenters. The van der Waals surface area contributed by atoms with Crippen molar-refractivity contribution < 1.29 is 4.79 Å². The largest absolute Gasteiger partial charge is 0.341 e. The summed E-state index contributed by atoms with van der Waals surface area (Å²) < 4.78 is 0. The molecule has 3 nitrogen and oxygen atoms in total. The molecule has 2 aliphatic heterocycles. The first kappa shape index (κ1) is 14.0. The van der Waals surface area contributed by atoms with Gasteiger partial charge in [0.25, 0.3) is 0 Å². The summed E-state index contributed by atoms with van der Waals surface area (Å²) in [5.74, 6) is 1.19. The van der Waals surface area contributed by atoms with Crippen molar-refractivity contribution >= 4 is 5.91 Å². The fourth-order valence-corrected chi connectivity index (χ4v) is 5.56. The number of rotatable bonds is 1. The lowest BCUT2D eigenvalue weighted by molar-refractivity contribution is -0.135. The Hall–Kier alpha value is -0.570. The number of likely N-dealkylation sites (tertiary alicyclic amines) is 1. The van der Waals surface area contributed by atoms with Crippen molar-refractivity contribution in [3.63, 3.8) is 0 Å². The van der Waals surface area contributed by atoms with Crippen LogP contribution in [0.15, 0.2) is 0 Å². The fraction of sp³-hybridized carbons (Fsp3) is 0.944. The lowest BCUT2D eigenvalue weighted by Gasteiger charge is -2.40. The van der Waals surface area contributed by atoms with Gasteiger partial charge < -0.3 is 10.2 Å². The van der Waals surface area contributed by atoms with E-state index in [4.69, 9.17) is 0 Å². The van der Waals surface area contributed by atoms with E-state index in [0.29, 0.717) is 17.4 Å². The molecule has 2 heterocycles. The summed E-state index contributed by atoms with van der Waals surface area (Å²) in [5, 5.41) is 3.66. The molecule has 2 saturated heterocycles. The van der Waals surface area contributed by atoms with Crippen LogP contribution in [-0.4, -0.2) is 36.0 Å². The number of amides is 1. The third kappa shape index (κ3) is 2.62. The van der Waals surface area contributed by atoms with Crippen molar-refractivity contribution in [1.29, 1.82) is 0 Å². The van der Waals surface area contributed by atoms with Crippen LogP contribution in [0.5, 0.6) is 0 Å². The number of carbonyl (C=O) groups is 1. The van der Waals surface area contributed by atoms with E-state index in [1.807, 2.05) is 0 Å². The highest BCUT2D eigenvalue weighted by Gasteiger charge is 2.42. The van der Waals surface area contributed by atoms with E-state index >= 15 is 0 Å². The summed E-state index contributed by atoms with van der Waals surface area (Å²) in [7, 11) is 0.